The van der Waals surface area contributed by atoms with Gasteiger partial charge in [-0.15, -0.1) is 0 Å². The van der Waals surface area contributed by atoms with E-state index in [1.54, 1.807) is 4.31 Å². The van der Waals surface area contributed by atoms with Gasteiger partial charge in [0, 0.05) is 19.7 Å². The Morgan fingerprint density at radius 1 is 1.29 bits per heavy atom. The molecule has 0 N–H and O–H groups in total. The van der Waals surface area contributed by atoms with Crippen LogP contribution < -0.4 is 0 Å². The molecule has 1 aliphatic carbocycles. The molecule has 17 heavy (non-hydrogen) atoms. The number of hydrogen-bond acceptors (Lipinski definition) is 3. The maximum Gasteiger partial charge on any atom is 0.214 e. The minimum atomic E-state index is -3.06. The topological polar surface area (TPSA) is 46.6 Å². The number of sulfonamides is 1. The third-order valence-corrected chi connectivity index (χ3v) is 5.52. The van der Waals surface area contributed by atoms with Gasteiger partial charge in [0.05, 0.1) is 11.9 Å². The van der Waals surface area contributed by atoms with E-state index in [1.165, 1.54) is 12.8 Å². The molecule has 5 heteroatoms. The molecule has 0 aromatic carbocycles. The summed E-state index contributed by atoms with van der Waals surface area (Å²) in [6, 6.07) is 0. The second kappa shape index (κ2) is 5.24. The predicted molar refractivity (Wildman–Crippen MR) is 67.3 cm³/mol. The zero-order valence-electron chi connectivity index (χ0n) is 10.8. The molecule has 1 atom stereocenters. The van der Waals surface area contributed by atoms with Crippen LogP contribution in [0.4, 0.5) is 0 Å². The minimum Gasteiger partial charge on any atom is -0.377 e. The first-order valence-corrected chi connectivity index (χ1v) is 8.17. The average molecular weight is 261 g/mol. The largest absolute Gasteiger partial charge is 0.377 e. The first-order chi connectivity index (χ1) is 7.97. The van der Waals surface area contributed by atoms with Crippen LogP contribution in [0.5, 0.6) is 0 Å². The second-order valence-electron chi connectivity index (χ2n) is 5.72. The smallest absolute Gasteiger partial charge is 0.214 e. The SMILES string of the molecule is CC(C)CS(=O)(=O)N1CCC(OCC2CC2)C1. The van der Waals surface area contributed by atoms with Crippen molar-refractivity contribution in [3.8, 4) is 0 Å². The van der Waals surface area contributed by atoms with Gasteiger partial charge in [0.2, 0.25) is 10.0 Å². The van der Waals surface area contributed by atoms with E-state index in [2.05, 4.69) is 0 Å². The Kier molecular flexibility index (Phi) is 4.10. The summed E-state index contributed by atoms with van der Waals surface area (Å²) < 4.78 is 31.4. The van der Waals surface area contributed by atoms with E-state index in [0.717, 1.165) is 18.9 Å². The van der Waals surface area contributed by atoms with Gasteiger partial charge in [0.15, 0.2) is 0 Å². The van der Waals surface area contributed by atoms with Gasteiger partial charge in [-0.1, -0.05) is 13.8 Å². The quantitative estimate of drug-likeness (QED) is 0.727. The van der Waals surface area contributed by atoms with Crippen molar-refractivity contribution in [1.29, 1.82) is 0 Å². The molecule has 1 heterocycles. The van der Waals surface area contributed by atoms with Crippen molar-refractivity contribution in [3.05, 3.63) is 0 Å². The van der Waals surface area contributed by atoms with Crippen molar-refractivity contribution < 1.29 is 13.2 Å². The monoisotopic (exact) mass is 261 g/mol. The Morgan fingerprint density at radius 2 is 2.00 bits per heavy atom. The Morgan fingerprint density at radius 3 is 2.59 bits per heavy atom. The van der Waals surface area contributed by atoms with Gasteiger partial charge in [-0.3, -0.25) is 0 Å². The molecule has 4 nitrogen and oxygen atoms in total. The Balaban J connectivity index is 1.79. The fourth-order valence-electron chi connectivity index (χ4n) is 2.17. The standard InChI is InChI=1S/C12H23NO3S/c1-10(2)9-17(14,15)13-6-5-12(7-13)16-8-11-3-4-11/h10-12H,3-9H2,1-2H3. The van der Waals surface area contributed by atoms with E-state index in [0.29, 0.717) is 13.1 Å². The molecule has 0 bridgehead atoms. The molecule has 2 aliphatic rings. The highest BCUT2D eigenvalue weighted by molar-refractivity contribution is 7.89. The van der Waals surface area contributed by atoms with E-state index in [4.69, 9.17) is 4.74 Å². The molecule has 100 valence electrons. The van der Waals surface area contributed by atoms with Gasteiger partial charge in [-0.25, -0.2) is 8.42 Å². The summed E-state index contributed by atoms with van der Waals surface area (Å²) in [7, 11) is -3.06. The van der Waals surface area contributed by atoms with E-state index in [9.17, 15) is 8.42 Å². The molecule has 0 amide bonds. The summed E-state index contributed by atoms with van der Waals surface area (Å²) in [5, 5.41) is 0. The molecule has 1 aliphatic heterocycles. The van der Waals surface area contributed by atoms with Gasteiger partial charge in [0.25, 0.3) is 0 Å². The number of rotatable bonds is 6. The maximum absolute atomic E-state index is 12.0. The van der Waals surface area contributed by atoms with Crippen molar-refractivity contribution in [2.75, 3.05) is 25.4 Å². The average Bonchev–Trinajstić information content (AvgIpc) is 2.90. The summed E-state index contributed by atoms with van der Waals surface area (Å²) >= 11 is 0. The number of ether oxygens (including phenoxy) is 1. The third kappa shape index (κ3) is 3.93. The number of nitrogens with zero attached hydrogens (tertiary/aromatic N) is 1. The molecule has 0 aromatic heterocycles. The van der Waals surface area contributed by atoms with Crippen LogP contribution in [0, 0.1) is 11.8 Å². The first kappa shape index (κ1) is 13.3. The lowest BCUT2D eigenvalue weighted by Gasteiger charge is -2.18. The highest BCUT2D eigenvalue weighted by Gasteiger charge is 2.33. The van der Waals surface area contributed by atoms with E-state index in [-0.39, 0.29) is 17.8 Å². The summed E-state index contributed by atoms with van der Waals surface area (Å²) in [6.07, 6.45) is 3.53. The van der Waals surface area contributed by atoms with Crippen LogP contribution in [0.25, 0.3) is 0 Å². The molecule has 2 fully saturated rings. The van der Waals surface area contributed by atoms with Crippen LogP contribution in [0.3, 0.4) is 0 Å². The summed E-state index contributed by atoms with van der Waals surface area (Å²) in [4.78, 5) is 0. The lowest BCUT2D eigenvalue weighted by Crippen LogP contribution is -2.33. The normalized spacial score (nSPS) is 26.9. The molecule has 1 saturated heterocycles. The molecule has 0 spiro atoms. The van der Waals surface area contributed by atoms with Gasteiger partial charge < -0.3 is 4.74 Å². The van der Waals surface area contributed by atoms with Crippen LogP contribution in [0.1, 0.15) is 33.1 Å². The summed E-state index contributed by atoms with van der Waals surface area (Å²) in [6.45, 7) is 5.89. The molecule has 1 unspecified atom stereocenters. The first-order valence-electron chi connectivity index (χ1n) is 6.57. The predicted octanol–water partition coefficient (Wildman–Crippen LogP) is 1.47. The summed E-state index contributed by atoms with van der Waals surface area (Å²) in [5.41, 5.74) is 0. The second-order valence-corrected chi connectivity index (χ2v) is 7.73. The van der Waals surface area contributed by atoms with Crippen LogP contribution in [0.2, 0.25) is 0 Å². The van der Waals surface area contributed by atoms with Crippen molar-refractivity contribution in [1.82, 2.24) is 4.31 Å². The van der Waals surface area contributed by atoms with Crippen LogP contribution in [-0.2, 0) is 14.8 Å². The van der Waals surface area contributed by atoms with Crippen molar-refractivity contribution in [2.45, 2.75) is 39.2 Å². The zero-order valence-corrected chi connectivity index (χ0v) is 11.6. The van der Waals surface area contributed by atoms with Crippen molar-refractivity contribution in [3.63, 3.8) is 0 Å². The Labute approximate surface area is 104 Å². The molecule has 0 aromatic rings. The Bertz CT molecular complexity index is 349. The molecular formula is C12H23NO3S. The molecule has 2 rings (SSSR count). The Hall–Kier alpha value is -0.130. The number of hydrogen-bond donors (Lipinski definition) is 0. The van der Waals surface area contributed by atoms with E-state index < -0.39 is 10.0 Å². The molecule has 0 radical (unpaired) electrons. The maximum atomic E-state index is 12.0. The lowest BCUT2D eigenvalue weighted by atomic mass is 10.3. The molecule has 1 saturated carbocycles. The summed E-state index contributed by atoms with van der Waals surface area (Å²) in [5.74, 6) is 1.19. The minimum absolute atomic E-state index is 0.123. The van der Waals surface area contributed by atoms with Gasteiger partial charge in [-0.05, 0) is 31.1 Å². The highest BCUT2D eigenvalue weighted by Crippen LogP contribution is 2.30. The van der Waals surface area contributed by atoms with Gasteiger partial charge in [-0.2, -0.15) is 4.31 Å². The van der Waals surface area contributed by atoms with Crippen LogP contribution >= 0.6 is 0 Å². The van der Waals surface area contributed by atoms with Gasteiger partial charge in [0.1, 0.15) is 0 Å². The highest BCUT2D eigenvalue weighted by atomic mass is 32.2. The zero-order chi connectivity index (χ0) is 12.5. The van der Waals surface area contributed by atoms with Crippen LogP contribution in [-0.4, -0.2) is 44.3 Å². The lowest BCUT2D eigenvalue weighted by molar-refractivity contribution is 0.0561. The fourth-order valence-corrected chi connectivity index (χ4v) is 4.00. The molecular weight excluding hydrogens is 238 g/mol. The third-order valence-electron chi connectivity index (χ3n) is 3.31. The fraction of sp³-hybridized carbons (Fsp3) is 1.00. The van der Waals surface area contributed by atoms with Crippen molar-refractivity contribution in [2.24, 2.45) is 11.8 Å². The van der Waals surface area contributed by atoms with Crippen LogP contribution in [0.15, 0.2) is 0 Å². The van der Waals surface area contributed by atoms with E-state index in [1.807, 2.05) is 13.8 Å². The van der Waals surface area contributed by atoms with E-state index >= 15 is 0 Å². The van der Waals surface area contributed by atoms with Gasteiger partial charge >= 0.3 is 0 Å². The van der Waals surface area contributed by atoms with Crippen molar-refractivity contribution >= 4 is 10.0 Å².